The predicted molar refractivity (Wildman–Crippen MR) is 148 cm³/mol. The van der Waals surface area contributed by atoms with Crippen LogP contribution in [0.15, 0.2) is 71.6 Å². The first-order chi connectivity index (χ1) is 17.9. The number of methoxy groups -OCH3 is 2. The lowest BCUT2D eigenvalue weighted by Gasteiger charge is -2.22. The number of nitrogens with one attached hydrogen (secondary N) is 2. The molecule has 0 aliphatic heterocycles. The Bertz CT molecular complexity index is 1480. The van der Waals surface area contributed by atoms with E-state index >= 15 is 0 Å². The molecule has 0 fully saturated rings. The number of anilines is 3. The minimum atomic E-state index is -3.95. The van der Waals surface area contributed by atoms with Crippen LogP contribution in [0.25, 0.3) is 0 Å². The number of ether oxygens (including phenoxy) is 2. The minimum Gasteiger partial charge on any atom is -0.497 e. The topological polar surface area (TPSA) is 131 Å². The van der Waals surface area contributed by atoms with Gasteiger partial charge in [-0.2, -0.15) is 0 Å². The lowest BCUT2D eigenvalue weighted by atomic mass is 10.2. The van der Waals surface area contributed by atoms with Crippen molar-refractivity contribution in [2.75, 3.05) is 41.4 Å². The summed E-state index contributed by atoms with van der Waals surface area (Å²) in [5, 5.41) is 3.17. The highest BCUT2D eigenvalue weighted by atomic mass is 35.5. The Balaban J connectivity index is 1.60. The monoisotopic (exact) mass is 581 g/mol. The molecular weight excluding hydrogens is 554 g/mol. The van der Waals surface area contributed by atoms with Gasteiger partial charge in [-0.05, 0) is 67.1 Å². The number of carbonyl (C=O) groups is 1. The number of sulfonamides is 2. The van der Waals surface area contributed by atoms with Gasteiger partial charge in [-0.25, -0.2) is 16.8 Å². The number of nitrogens with zero attached hydrogens (tertiary/aromatic N) is 1. The Morgan fingerprint density at radius 2 is 1.58 bits per heavy atom. The molecule has 0 aromatic heterocycles. The van der Waals surface area contributed by atoms with Crippen LogP contribution < -0.4 is 23.8 Å². The molecule has 0 atom stereocenters. The van der Waals surface area contributed by atoms with Crippen LogP contribution in [-0.4, -0.2) is 49.8 Å². The van der Waals surface area contributed by atoms with Crippen LogP contribution in [0.2, 0.25) is 5.02 Å². The summed E-state index contributed by atoms with van der Waals surface area (Å²) < 4.78 is 64.2. The van der Waals surface area contributed by atoms with Gasteiger partial charge in [0.2, 0.25) is 15.9 Å². The standard InChI is InChI=1S/C25H28ClN3O7S2/c1-35-21-12-15-24(36-2)23(17-21)28-38(33,34)22-13-8-19(9-14-22)27-25(30)5-4-16-29(37(3,31)32)20-10-6-18(26)7-11-20/h6-15,17,28H,4-5,16H2,1-3H3,(H,27,30). The highest BCUT2D eigenvalue weighted by Gasteiger charge is 2.19. The molecule has 0 unspecified atom stereocenters. The third-order valence-electron chi connectivity index (χ3n) is 5.38. The van der Waals surface area contributed by atoms with Crippen LogP contribution in [0.3, 0.4) is 0 Å². The van der Waals surface area contributed by atoms with Crippen LogP contribution in [0.4, 0.5) is 17.1 Å². The van der Waals surface area contributed by atoms with Gasteiger partial charge in [0.15, 0.2) is 0 Å². The van der Waals surface area contributed by atoms with Gasteiger partial charge < -0.3 is 14.8 Å². The van der Waals surface area contributed by atoms with Crippen molar-refractivity contribution in [3.8, 4) is 11.5 Å². The normalized spacial score (nSPS) is 11.5. The molecule has 0 bridgehead atoms. The number of amides is 1. The van der Waals surface area contributed by atoms with Crippen molar-refractivity contribution in [3.63, 3.8) is 0 Å². The van der Waals surface area contributed by atoms with E-state index in [-0.39, 0.29) is 35.9 Å². The fraction of sp³-hybridized carbons (Fsp3) is 0.240. The molecule has 0 aliphatic rings. The van der Waals surface area contributed by atoms with Crippen LogP contribution in [0.1, 0.15) is 12.8 Å². The summed E-state index contributed by atoms with van der Waals surface area (Å²) in [6.07, 6.45) is 1.41. The number of rotatable bonds is 12. The molecule has 0 spiro atoms. The van der Waals surface area contributed by atoms with E-state index in [4.69, 9.17) is 21.1 Å². The van der Waals surface area contributed by atoms with Crippen molar-refractivity contribution < 1.29 is 31.1 Å². The maximum absolute atomic E-state index is 12.9. The second-order valence-electron chi connectivity index (χ2n) is 8.16. The van der Waals surface area contributed by atoms with E-state index in [9.17, 15) is 21.6 Å². The number of hydrogen-bond donors (Lipinski definition) is 2. The predicted octanol–water partition coefficient (Wildman–Crippen LogP) is 4.34. The molecule has 2 N–H and O–H groups in total. The largest absolute Gasteiger partial charge is 0.497 e. The third-order valence-corrected chi connectivity index (χ3v) is 8.21. The Morgan fingerprint density at radius 3 is 2.16 bits per heavy atom. The van der Waals surface area contributed by atoms with E-state index in [1.807, 2.05) is 0 Å². The molecule has 0 radical (unpaired) electrons. The van der Waals surface area contributed by atoms with Crippen molar-refractivity contribution in [2.45, 2.75) is 17.7 Å². The summed E-state index contributed by atoms with van der Waals surface area (Å²) in [4.78, 5) is 12.4. The van der Waals surface area contributed by atoms with Crippen LogP contribution in [0.5, 0.6) is 11.5 Å². The summed E-state index contributed by atoms with van der Waals surface area (Å²) in [6.45, 7) is 0.102. The maximum Gasteiger partial charge on any atom is 0.262 e. The third kappa shape index (κ3) is 7.76. The lowest BCUT2D eigenvalue weighted by molar-refractivity contribution is -0.116. The van der Waals surface area contributed by atoms with Gasteiger partial charge in [-0.3, -0.25) is 13.8 Å². The van der Waals surface area contributed by atoms with E-state index in [1.54, 1.807) is 36.4 Å². The number of halogens is 1. The zero-order valence-electron chi connectivity index (χ0n) is 21.0. The zero-order chi connectivity index (χ0) is 27.9. The SMILES string of the molecule is COc1ccc(OC)c(NS(=O)(=O)c2ccc(NC(=O)CCCN(c3ccc(Cl)cc3)S(C)(=O)=O)cc2)c1. The van der Waals surface area contributed by atoms with Crippen LogP contribution >= 0.6 is 11.6 Å². The minimum absolute atomic E-state index is 0.0212. The number of hydrogen-bond acceptors (Lipinski definition) is 7. The van der Waals surface area contributed by atoms with Crippen molar-refractivity contribution in [1.29, 1.82) is 0 Å². The van der Waals surface area contributed by atoms with E-state index in [2.05, 4.69) is 10.0 Å². The summed E-state index contributed by atoms with van der Waals surface area (Å²) >= 11 is 5.88. The number of carbonyl (C=O) groups excluding carboxylic acids is 1. The van der Waals surface area contributed by atoms with Crippen LogP contribution in [0, 0.1) is 0 Å². The smallest absolute Gasteiger partial charge is 0.262 e. The van der Waals surface area contributed by atoms with Gasteiger partial charge in [0.1, 0.15) is 11.5 Å². The summed E-state index contributed by atoms with van der Waals surface area (Å²) in [6, 6.07) is 16.7. The fourth-order valence-corrected chi connectivity index (χ4v) is 5.67. The highest BCUT2D eigenvalue weighted by molar-refractivity contribution is 7.92. The molecule has 1 amide bonds. The van der Waals surface area contributed by atoms with Crippen molar-refractivity contribution in [1.82, 2.24) is 0 Å². The molecule has 0 heterocycles. The molecule has 204 valence electrons. The highest BCUT2D eigenvalue weighted by Crippen LogP contribution is 2.31. The zero-order valence-corrected chi connectivity index (χ0v) is 23.4. The van der Waals surface area contributed by atoms with Crippen LogP contribution in [-0.2, 0) is 24.8 Å². The molecule has 3 aromatic carbocycles. The van der Waals surface area contributed by atoms with Crippen molar-refractivity contribution >= 4 is 54.6 Å². The van der Waals surface area contributed by atoms with Gasteiger partial charge in [-0.15, -0.1) is 0 Å². The molecule has 0 saturated carbocycles. The average molecular weight is 582 g/mol. The van der Waals surface area contributed by atoms with E-state index in [0.29, 0.717) is 27.9 Å². The Labute approximate surface area is 227 Å². The van der Waals surface area contributed by atoms with Crippen molar-refractivity contribution in [3.05, 3.63) is 71.8 Å². The summed E-state index contributed by atoms with van der Waals surface area (Å²) in [5.41, 5.74) is 1.06. The molecule has 10 nitrogen and oxygen atoms in total. The Hall–Kier alpha value is -3.48. The number of benzene rings is 3. The Morgan fingerprint density at radius 1 is 0.921 bits per heavy atom. The summed E-state index contributed by atoms with van der Waals surface area (Å²) in [5.74, 6) is 0.433. The van der Waals surface area contributed by atoms with Gasteiger partial charge in [0.05, 0.1) is 36.7 Å². The van der Waals surface area contributed by atoms with Gasteiger partial charge >= 0.3 is 0 Å². The molecule has 3 rings (SSSR count). The second kappa shape index (κ2) is 12.4. The van der Waals surface area contributed by atoms with Gasteiger partial charge in [0.25, 0.3) is 10.0 Å². The second-order valence-corrected chi connectivity index (χ2v) is 12.2. The van der Waals surface area contributed by atoms with E-state index in [0.717, 1.165) is 6.26 Å². The molecular formula is C25H28ClN3O7S2. The Kier molecular flexibility index (Phi) is 9.47. The summed E-state index contributed by atoms with van der Waals surface area (Å²) in [7, 11) is -4.62. The maximum atomic E-state index is 12.9. The molecule has 13 heteroatoms. The first-order valence-corrected chi connectivity index (χ1v) is 15.0. The quantitative estimate of drug-likeness (QED) is 0.325. The average Bonchev–Trinajstić information content (AvgIpc) is 2.86. The lowest BCUT2D eigenvalue weighted by Crippen LogP contribution is -2.31. The van der Waals surface area contributed by atoms with Gasteiger partial charge in [-0.1, -0.05) is 11.6 Å². The van der Waals surface area contributed by atoms with Crippen molar-refractivity contribution in [2.24, 2.45) is 0 Å². The van der Waals surface area contributed by atoms with Gasteiger partial charge in [0, 0.05) is 29.7 Å². The van der Waals surface area contributed by atoms with E-state index < -0.39 is 20.0 Å². The first kappa shape index (κ1) is 29.1. The molecule has 0 saturated heterocycles. The molecule has 3 aromatic rings. The molecule has 38 heavy (non-hydrogen) atoms. The fourth-order valence-electron chi connectivity index (χ4n) is 3.52. The molecule has 0 aliphatic carbocycles. The van der Waals surface area contributed by atoms with E-state index in [1.165, 1.54) is 48.9 Å². The first-order valence-electron chi connectivity index (χ1n) is 11.3.